The molecule has 0 fully saturated rings. The molecule has 3 N–H and O–H groups in total. The van der Waals surface area contributed by atoms with Crippen LogP contribution in [0.2, 0.25) is 0 Å². The maximum atomic E-state index is 11.7. The summed E-state index contributed by atoms with van der Waals surface area (Å²) >= 11 is 0. The molecule has 1 amide bonds. The second kappa shape index (κ2) is 6.94. The second-order valence-corrected chi connectivity index (χ2v) is 5.76. The van der Waals surface area contributed by atoms with Crippen LogP contribution >= 0.6 is 0 Å². The predicted molar refractivity (Wildman–Crippen MR) is 84.3 cm³/mol. The van der Waals surface area contributed by atoms with Gasteiger partial charge in [-0.3, -0.25) is 4.79 Å². The summed E-state index contributed by atoms with van der Waals surface area (Å²) in [7, 11) is 0. The summed E-state index contributed by atoms with van der Waals surface area (Å²) in [5.41, 5.74) is 9.56. The Hall–Kier alpha value is -1.55. The monoisotopic (exact) mass is 290 g/mol. The van der Waals surface area contributed by atoms with Crippen LogP contribution in [0.25, 0.3) is 0 Å². The largest absolute Gasteiger partial charge is 0.493 e. The normalized spacial score (nSPS) is 18.6. The molecule has 0 aliphatic carbocycles. The number of carbonyl (C=O) groups is 1. The van der Waals surface area contributed by atoms with E-state index in [4.69, 9.17) is 10.5 Å². The molecule has 0 spiro atoms. The first-order valence-electron chi connectivity index (χ1n) is 7.89. The van der Waals surface area contributed by atoms with Gasteiger partial charge in [0, 0.05) is 24.4 Å². The number of aryl methyl sites for hydroxylation is 1. The van der Waals surface area contributed by atoms with Gasteiger partial charge in [-0.25, -0.2) is 0 Å². The van der Waals surface area contributed by atoms with Crippen LogP contribution in [0.1, 0.15) is 68.3 Å². The quantitative estimate of drug-likeness (QED) is 0.875. The average Bonchev–Trinajstić information content (AvgIpc) is 2.48. The van der Waals surface area contributed by atoms with Crippen molar-refractivity contribution in [2.45, 2.75) is 58.5 Å². The number of fused-ring (bicyclic) bond motifs is 1. The fourth-order valence-electron chi connectivity index (χ4n) is 2.86. The summed E-state index contributed by atoms with van der Waals surface area (Å²) in [5, 5.41) is 3.09. The van der Waals surface area contributed by atoms with Gasteiger partial charge in [0.15, 0.2) is 0 Å². The highest BCUT2D eigenvalue weighted by atomic mass is 16.5. The number of rotatable bonds is 5. The highest BCUT2D eigenvalue weighted by molar-refractivity contribution is 5.76. The number of benzene rings is 1. The Morgan fingerprint density at radius 3 is 2.90 bits per heavy atom. The van der Waals surface area contributed by atoms with Gasteiger partial charge in [-0.15, -0.1) is 0 Å². The van der Waals surface area contributed by atoms with Gasteiger partial charge < -0.3 is 15.8 Å². The van der Waals surface area contributed by atoms with Crippen LogP contribution in [0.5, 0.6) is 5.75 Å². The molecule has 1 aliphatic rings. The molecule has 0 bridgehead atoms. The van der Waals surface area contributed by atoms with Gasteiger partial charge in [-0.05, 0) is 30.5 Å². The zero-order chi connectivity index (χ0) is 15.4. The van der Waals surface area contributed by atoms with Gasteiger partial charge in [0.1, 0.15) is 5.75 Å². The van der Waals surface area contributed by atoms with E-state index in [1.165, 1.54) is 0 Å². The predicted octanol–water partition coefficient (Wildman–Crippen LogP) is 3.14. The summed E-state index contributed by atoms with van der Waals surface area (Å²) in [4.78, 5) is 11.7. The Balaban J connectivity index is 2.34. The molecule has 4 nitrogen and oxygen atoms in total. The minimum absolute atomic E-state index is 0.0358. The lowest BCUT2D eigenvalue weighted by molar-refractivity contribution is -0.121. The number of ether oxygens (including phenoxy) is 1. The molecule has 1 aromatic rings. The highest BCUT2D eigenvalue weighted by Gasteiger charge is 2.25. The van der Waals surface area contributed by atoms with Crippen molar-refractivity contribution in [3.05, 3.63) is 28.8 Å². The van der Waals surface area contributed by atoms with Gasteiger partial charge in [-0.1, -0.05) is 26.3 Å². The first-order chi connectivity index (χ1) is 10.1. The first kappa shape index (κ1) is 15.8. The van der Waals surface area contributed by atoms with Crippen molar-refractivity contribution in [3.8, 4) is 5.75 Å². The van der Waals surface area contributed by atoms with Crippen LogP contribution in [-0.4, -0.2) is 12.5 Å². The molecule has 1 aliphatic heterocycles. The third-order valence-corrected chi connectivity index (χ3v) is 4.04. The summed E-state index contributed by atoms with van der Waals surface area (Å²) in [6.07, 6.45) is 3.33. The number of nitrogens with two attached hydrogens (primary N) is 1. The molecule has 2 unspecified atom stereocenters. The van der Waals surface area contributed by atoms with Crippen LogP contribution in [-0.2, 0) is 4.79 Å². The number of hydrogen-bond acceptors (Lipinski definition) is 3. The Morgan fingerprint density at radius 2 is 2.24 bits per heavy atom. The SMILES string of the molecule is CCCC(N)c1cc(C)c2c(c1)C(NC(=O)CC)CCO2. The molecule has 21 heavy (non-hydrogen) atoms. The summed E-state index contributed by atoms with van der Waals surface area (Å²) in [5.74, 6) is 0.990. The number of nitrogens with one attached hydrogen (secondary N) is 1. The summed E-state index contributed by atoms with van der Waals surface area (Å²) < 4.78 is 5.80. The molecule has 1 heterocycles. The molecule has 0 radical (unpaired) electrons. The molecule has 2 rings (SSSR count). The van der Waals surface area contributed by atoms with Crippen molar-refractivity contribution in [2.24, 2.45) is 5.73 Å². The molecule has 116 valence electrons. The van der Waals surface area contributed by atoms with Gasteiger partial charge in [0.05, 0.1) is 12.6 Å². The van der Waals surface area contributed by atoms with Crippen LogP contribution in [0.4, 0.5) is 0 Å². The lowest BCUT2D eigenvalue weighted by Crippen LogP contribution is -2.32. The maximum Gasteiger partial charge on any atom is 0.220 e. The van der Waals surface area contributed by atoms with Crippen molar-refractivity contribution >= 4 is 5.91 Å². The van der Waals surface area contributed by atoms with E-state index in [1.807, 2.05) is 13.8 Å². The van der Waals surface area contributed by atoms with Crippen molar-refractivity contribution in [3.63, 3.8) is 0 Å². The molecular weight excluding hydrogens is 264 g/mol. The van der Waals surface area contributed by atoms with Gasteiger partial charge >= 0.3 is 0 Å². The Labute approximate surface area is 127 Å². The molecule has 0 aromatic heterocycles. The summed E-state index contributed by atoms with van der Waals surface area (Å²) in [6.45, 7) is 6.70. The smallest absolute Gasteiger partial charge is 0.220 e. The Bertz CT molecular complexity index is 514. The van der Waals surface area contributed by atoms with Crippen LogP contribution in [0, 0.1) is 6.92 Å². The number of carbonyl (C=O) groups excluding carboxylic acids is 1. The van der Waals surface area contributed by atoms with E-state index in [9.17, 15) is 4.79 Å². The van der Waals surface area contributed by atoms with E-state index in [2.05, 4.69) is 24.4 Å². The minimum atomic E-state index is 0.0358. The zero-order valence-corrected chi connectivity index (χ0v) is 13.2. The van der Waals surface area contributed by atoms with Crippen molar-refractivity contribution in [1.82, 2.24) is 5.32 Å². The Kier molecular flexibility index (Phi) is 5.23. The van der Waals surface area contributed by atoms with E-state index in [1.54, 1.807) is 0 Å². The third kappa shape index (κ3) is 3.56. The van der Waals surface area contributed by atoms with Crippen molar-refractivity contribution in [1.29, 1.82) is 0 Å². The fourth-order valence-corrected chi connectivity index (χ4v) is 2.86. The maximum absolute atomic E-state index is 11.7. The second-order valence-electron chi connectivity index (χ2n) is 5.76. The topological polar surface area (TPSA) is 64.3 Å². The molecule has 0 saturated carbocycles. The third-order valence-electron chi connectivity index (χ3n) is 4.04. The standard InChI is InChI=1S/C17H26N2O2/c1-4-6-14(18)12-9-11(3)17-13(10-12)15(7-8-21-17)19-16(20)5-2/h9-10,14-15H,4-8,18H2,1-3H3,(H,19,20). The lowest BCUT2D eigenvalue weighted by atomic mass is 9.92. The fraction of sp³-hybridized carbons (Fsp3) is 0.588. The van der Waals surface area contributed by atoms with Gasteiger partial charge in [-0.2, -0.15) is 0 Å². The highest BCUT2D eigenvalue weighted by Crippen LogP contribution is 2.37. The molecule has 2 atom stereocenters. The van der Waals surface area contributed by atoms with E-state index >= 15 is 0 Å². The molecular formula is C17H26N2O2. The number of hydrogen-bond donors (Lipinski definition) is 2. The van der Waals surface area contributed by atoms with Gasteiger partial charge in [0.2, 0.25) is 5.91 Å². The van der Waals surface area contributed by atoms with Crippen LogP contribution in [0.3, 0.4) is 0 Å². The van der Waals surface area contributed by atoms with E-state index in [-0.39, 0.29) is 18.0 Å². The summed E-state index contributed by atoms with van der Waals surface area (Å²) in [6, 6.07) is 4.31. The van der Waals surface area contributed by atoms with Crippen molar-refractivity contribution < 1.29 is 9.53 Å². The minimum Gasteiger partial charge on any atom is -0.493 e. The first-order valence-corrected chi connectivity index (χ1v) is 7.89. The van der Waals surface area contributed by atoms with E-state index in [0.717, 1.165) is 41.7 Å². The lowest BCUT2D eigenvalue weighted by Gasteiger charge is -2.29. The zero-order valence-electron chi connectivity index (χ0n) is 13.2. The van der Waals surface area contributed by atoms with Crippen LogP contribution < -0.4 is 15.8 Å². The van der Waals surface area contributed by atoms with Crippen molar-refractivity contribution in [2.75, 3.05) is 6.61 Å². The molecule has 1 aromatic carbocycles. The van der Waals surface area contributed by atoms with E-state index in [0.29, 0.717) is 13.0 Å². The number of amides is 1. The average molecular weight is 290 g/mol. The molecule has 4 heteroatoms. The van der Waals surface area contributed by atoms with Gasteiger partial charge in [0.25, 0.3) is 0 Å². The Morgan fingerprint density at radius 1 is 1.48 bits per heavy atom. The van der Waals surface area contributed by atoms with E-state index < -0.39 is 0 Å². The van der Waals surface area contributed by atoms with Crippen LogP contribution in [0.15, 0.2) is 12.1 Å². The molecule has 0 saturated heterocycles.